The van der Waals surface area contributed by atoms with E-state index in [0.717, 1.165) is 5.56 Å². The number of aromatic nitrogens is 5. The second-order valence-corrected chi connectivity index (χ2v) is 13.3. The Hall–Kier alpha value is -4.57. The zero-order chi connectivity index (χ0) is 34.6. The predicted molar refractivity (Wildman–Crippen MR) is 184 cm³/mol. The Balaban J connectivity index is 0.00000167. The molecule has 0 spiro atoms. The molecular weight excluding hydrogens is 657 g/mol. The summed E-state index contributed by atoms with van der Waals surface area (Å²) in [6.45, 7) is 4.43. The summed E-state index contributed by atoms with van der Waals surface area (Å²) >= 11 is 2.90. The SMILES string of the molecule is CSCC[C@@H]1NC(=O)CCCN(C(=O)Cn2cnc3ccsc3c2=O)CCn2nc(-c3ccccc3)nc2[C@@H](C(C)C)NC1=O.O=CO. The molecule has 0 bridgehead atoms. The number of nitrogens with one attached hydrogen (secondary N) is 2. The number of nitrogens with zero attached hydrogens (tertiary/aromatic N) is 6. The Bertz CT molecular complexity index is 1760. The van der Waals surface area contributed by atoms with E-state index in [1.54, 1.807) is 32.8 Å². The molecule has 14 nitrogen and oxygen atoms in total. The van der Waals surface area contributed by atoms with E-state index in [-0.39, 0.29) is 55.2 Å². The highest BCUT2D eigenvalue weighted by Crippen LogP contribution is 2.25. The molecule has 1 aromatic carbocycles. The number of carbonyl (C=O) groups excluding carboxylic acids is 3. The molecule has 4 heterocycles. The van der Waals surface area contributed by atoms with Gasteiger partial charge in [-0.15, -0.1) is 11.3 Å². The molecule has 0 aliphatic carbocycles. The summed E-state index contributed by atoms with van der Waals surface area (Å²) in [5.41, 5.74) is 1.18. The highest BCUT2D eigenvalue weighted by molar-refractivity contribution is 7.98. The molecule has 0 saturated carbocycles. The van der Waals surface area contributed by atoms with Crippen molar-refractivity contribution in [2.45, 2.75) is 58.3 Å². The van der Waals surface area contributed by atoms with Crippen LogP contribution in [0.2, 0.25) is 0 Å². The van der Waals surface area contributed by atoms with Gasteiger partial charge >= 0.3 is 0 Å². The summed E-state index contributed by atoms with van der Waals surface area (Å²) in [6, 6.07) is 10.2. The van der Waals surface area contributed by atoms with Crippen molar-refractivity contribution < 1.29 is 24.3 Å². The molecular formula is C32H40N8O6S2. The Morgan fingerprint density at radius 2 is 1.88 bits per heavy atom. The van der Waals surface area contributed by atoms with E-state index in [2.05, 4.69) is 15.6 Å². The van der Waals surface area contributed by atoms with E-state index in [1.165, 1.54) is 22.2 Å². The van der Waals surface area contributed by atoms with E-state index >= 15 is 0 Å². The average Bonchev–Trinajstić information content (AvgIpc) is 3.73. The second-order valence-electron chi connectivity index (χ2n) is 11.4. The first-order valence-electron chi connectivity index (χ1n) is 15.5. The first kappa shape index (κ1) is 36.3. The first-order chi connectivity index (χ1) is 23.2. The number of fused-ring (bicyclic) bond motifs is 2. The van der Waals surface area contributed by atoms with Crippen molar-refractivity contribution in [3.63, 3.8) is 0 Å². The van der Waals surface area contributed by atoms with Crippen LogP contribution in [0.15, 0.2) is 52.9 Å². The van der Waals surface area contributed by atoms with E-state index in [1.807, 2.05) is 50.4 Å². The number of amides is 3. The largest absolute Gasteiger partial charge is 0.483 e. The lowest BCUT2D eigenvalue weighted by Crippen LogP contribution is -2.49. The number of benzene rings is 1. The fourth-order valence-corrected chi connectivity index (χ4v) is 6.52. The maximum atomic E-state index is 13.7. The minimum atomic E-state index is -0.705. The number of hydrogen-bond acceptors (Lipinski definition) is 10. The van der Waals surface area contributed by atoms with Gasteiger partial charge in [-0.2, -0.15) is 16.9 Å². The zero-order valence-corrected chi connectivity index (χ0v) is 28.7. The molecule has 2 atom stereocenters. The minimum absolute atomic E-state index is 0.0467. The average molecular weight is 697 g/mol. The number of rotatable bonds is 7. The quantitative estimate of drug-likeness (QED) is 0.243. The van der Waals surface area contributed by atoms with Gasteiger partial charge in [0.1, 0.15) is 17.3 Å². The smallest absolute Gasteiger partial charge is 0.290 e. The van der Waals surface area contributed by atoms with Crippen LogP contribution < -0.4 is 16.2 Å². The van der Waals surface area contributed by atoms with E-state index < -0.39 is 12.1 Å². The molecule has 1 aliphatic rings. The van der Waals surface area contributed by atoms with Crippen LogP contribution in [0.1, 0.15) is 45.0 Å². The fourth-order valence-electron chi connectivity index (χ4n) is 5.26. The third-order valence-electron chi connectivity index (χ3n) is 7.74. The van der Waals surface area contributed by atoms with E-state index in [9.17, 15) is 19.2 Å². The molecule has 16 heteroatoms. The van der Waals surface area contributed by atoms with E-state index in [4.69, 9.17) is 20.0 Å². The van der Waals surface area contributed by atoms with Crippen LogP contribution in [0.3, 0.4) is 0 Å². The van der Waals surface area contributed by atoms with Crippen LogP contribution in [-0.4, -0.2) is 89.7 Å². The molecule has 3 N–H and O–H groups in total. The number of carboxylic acid groups (broad SMARTS) is 1. The van der Waals surface area contributed by atoms with Gasteiger partial charge in [0.05, 0.1) is 24.4 Å². The molecule has 0 saturated heterocycles. The molecule has 48 heavy (non-hydrogen) atoms. The first-order valence-corrected chi connectivity index (χ1v) is 17.8. The lowest BCUT2D eigenvalue weighted by molar-refractivity contribution is -0.133. The summed E-state index contributed by atoms with van der Waals surface area (Å²) in [7, 11) is 0. The highest BCUT2D eigenvalue weighted by Gasteiger charge is 2.30. The van der Waals surface area contributed by atoms with Gasteiger partial charge in [-0.25, -0.2) is 14.6 Å². The Morgan fingerprint density at radius 1 is 1.12 bits per heavy atom. The second kappa shape index (κ2) is 17.5. The van der Waals surface area contributed by atoms with Crippen molar-refractivity contribution in [1.82, 2.24) is 39.8 Å². The van der Waals surface area contributed by atoms with Crippen LogP contribution in [0.5, 0.6) is 0 Å². The molecule has 0 fully saturated rings. The summed E-state index contributed by atoms with van der Waals surface area (Å²) in [5.74, 6) is 0.963. The number of carbonyl (C=O) groups is 4. The Morgan fingerprint density at radius 3 is 2.58 bits per heavy atom. The summed E-state index contributed by atoms with van der Waals surface area (Å²) in [5, 5.41) is 19.6. The van der Waals surface area contributed by atoms with E-state index in [0.29, 0.717) is 53.5 Å². The number of thioether (sulfide) groups is 1. The van der Waals surface area contributed by atoms with Crippen molar-refractivity contribution in [2.75, 3.05) is 25.1 Å². The van der Waals surface area contributed by atoms with Gasteiger partial charge in [-0.1, -0.05) is 44.2 Å². The van der Waals surface area contributed by atoms with Crippen LogP contribution >= 0.6 is 23.1 Å². The minimum Gasteiger partial charge on any atom is -0.483 e. The van der Waals surface area contributed by atoms with Gasteiger partial charge in [-0.05, 0) is 42.2 Å². The lowest BCUT2D eigenvalue weighted by Gasteiger charge is -2.28. The van der Waals surface area contributed by atoms with Crippen molar-refractivity contribution >= 4 is 57.5 Å². The molecule has 256 valence electrons. The monoisotopic (exact) mass is 696 g/mol. The van der Waals surface area contributed by atoms with Gasteiger partial charge in [0.15, 0.2) is 11.6 Å². The maximum Gasteiger partial charge on any atom is 0.290 e. The third kappa shape index (κ3) is 9.28. The standard InChI is InChI=1S/C31H38N8O4S2.CH2O2/c1-20(2)26-29-35-28(21-8-5-4-6-9-21)36-39(29)15-14-37(13-7-10-24(40)33-23(11-16-44-3)30(42)34-26)25(41)18-38-19-32-22-12-17-45-27(22)31(38)43;2-1-3/h4-6,8-9,12,17,19-20,23,26H,7,10-11,13-16,18H2,1-3H3,(H,33,40)(H,34,42);1H,(H,2,3)/t23-,26+;/m0./s1. The maximum absolute atomic E-state index is 13.7. The van der Waals surface area contributed by atoms with Crippen molar-refractivity contribution in [1.29, 1.82) is 0 Å². The van der Waals surface area contributed by atoms with Gasteiger partial charge in [0.2, 0.25) is 17.7 Å². The van der Waals surface area contributed by atoms with Crippen LogP contribution in [0.4, 0.5) is 0 Å². The number of hydrogen-bond donors (Lipinski definition) is 3. The van der Waals surface area contributed by atoms with Crippen LogP contribution in [-0.2, 0) is 32.3 Å². The normalized spacial score (nSPS) is 17.5. The Labute approximate surface area is 285 Å². The predicted octanol–water partition coefficient (Wildman–Crippen LogP) is 2.79. The molecule has 1 aliphatic heterocycles. The third-order valence-corrected chi connectivity index (χ3v) is 9.28. The van der Waals surface area contributed by atoms with Crippen molar-refractivity contribution in [2.24, 2.45) is 5.92 Å². The summed E-state index contributed by atoms with van der Waals surface area (Å²) in [4.78, 5) is 72.5. The number of thiophene rings is 1. The van der Waals surface area contributed by atoms with Crippen LogP contribution in [0.25, 0.3) is 21.6 Å². The van der Waals surface area contributed by atoms with Crippen molar-refractivity contribution in [3.8, 4) is 11.4 Å². The molecule has 0 radical (unpaired) electrons. The molecule has 3 aromatic heterocycles. The zero-order valence-electron chi connectivity index (χ0n) is 27.1. The molecule has 3 amide bonds. The summed E-state index contributed by atoms with van der Waals surface area (Å²) < 4.78 is 3.59. The fraction of sp³-hybridized carbons (Fsp3) is 0.438. The Kier molecular flexibility index (Phi) is 13.3. The van der Waals surface area contributed by atoms with Crippen molar-refractivity contribution in [3.05, 3.63) is 64.3 Å². The highest BCUT2D eigenvalue weighted by atomic mass is 32.2. The topological polar surface area (TPSA) is 181 Å². The van der Waals surface area contributed by atoms with Gasteiger partial charge in [0, 0.05) is 25.1 Å². The van der Waals surface area contributed by atoms with Gasteiger partial charge < -0.3 is 20.6 Å². The van der Waals surface area contributed by atoms with Gasteiger partial charge in [0.25, 0.3) is 12.0 Å². The molecule has 0 unspecified atom stereocenters. The van der Waals surface area contributed by atoms with Gasteiger partial charge in [-0.3, -0.25) is 28.5 Å². The molecule has 5 rings (SSSR count). The summed E-state index contributed by atoms with van der Waals surface area (Å²) in [6.07, 6.45) is 4.38. The lowest BCUT2D eigenvalue weighted by atomic mass is 10.0. The van der Waals surface area contributed by atoms with Crippen LogP contribution in [0, 0.1) is 5.92 Å². The molecule has 4 aromatic rings.